The molecule has 0 aliphatic rings. The van der Waals surface area contributed by atoms with E-state index >= 15 is 0 Å². The van der Waals surface area contributed by atoms with Gasteiger partial charge in [-0.3, -0.25) is 5.73 Å². The normalized spacial score (nSPS) is 10.9. The topological polar surface area (TPSA) is 73.9 Å². The van der Waals surface area contributed by atoms with Gasteiger partial charge in [0, 0.05) is 5.56 Å². The fourth-order valence-corrected chi connectivity index (χ4v) is 1.95. The van der Waals surface area contributed by atoms with Gasteiger partial charge in [0.15, 0.2) is 0 Å². The second-order valence-corrected chi connectivity index (χ2v) is 4.59. The number of benzene rings is 2. The molecule has 0 aromatic heterocycles. The van der Waals surface area contributed by atoms with Gasteiger partial charge in [0.1, 0.15) is 40.6 Å². The third kappa shape index (κ3) is 3.77. The molecule has 21 heavy (non-hydrogen) atoms. The van der Waals surface area contributed by atoms with Crippen LogP contribution in [0.3, 0.4) is 0 Å². The quantitative estimate of drug-likeness (QED) is 0.521. The standard InChI is InChI=1S/C15H14N2O3S/c1-19-17-14(15(16)21-18)12-9-5-6-10-13(12)20-11-7-3-2-4-8-11/h2-10H,16H2,1H3. The fourth-order valence-electron chi connectivity index (χ4n) is 1.72. The molecule has 0 heterocycles. The molecule has 0 bridgehead atoms. The van der Waals surface area contributed by atoms with E-state index in [9.17, 15) is 4.21 Å². The van der Waals surface area contributed by atoms with Crippen molar-refractivity contribution >= 4 is 22.0 Å². The molecule has 0 saturated heterocycles. The predicted molar refractivity (Wildman–Crippen MR) is 83.8 cm³/mol. The molecule has 0 fully saturated rings. The van der Waals surface area contributed by atoms with Crippen molar-refractivity contribution in [2.45, 2.75) is 0 Å². The van der Waals surface area contributed by atoms with E-state index in [2.05, 4.69) is 5.16 Å². The van der Waals surface area contributed by atoms with E-state index in [-0.39, 0.29) is 22.0 Å². The first-order valence-corrected chi connectivity index (χ1v) is 6.86. The van der Waals surface area contributed by atoms with Crippen molar-refractivity contribution in [3.63, 3.8) is 0 Å². The number of oxime groups is 1. The Labute approximate surface area is 126 Å². The second kappa shape index (κ2) is 7.37. The number of para-hydroxylation sites is 2. The SMILES string of the molecule is CON=C(C(N)=S=O)c1ccccc1Oc1ccccc1. The van der Waals surface area contributed by atoms with Crippen LogP contribution in [0.25, 0.3) is 0 Å². The lowest BCUT2D eigenvalue weighted by molar-refractivity contribution is 0.214. The summed E-state index contributed by atoms with van der Waals surface area (Å²) >= 11 is 0.161. The Morgan fingerprint density at radius 2 is 1.76 bits per heavy atom. The molecule has 0 unspecified atom stereocenters. The van der Waals surface area contributed by atoms with Gasteiger partial charge in [0.2, 0.25) is 0 Å². The van der Waals surface area contributed by atoms with Crippen molar-refractivity contribution in [2.24, 2.45) is 10.9 Å². The molecule has 0 amide bonds. The molecule has 2 aromatic rings. The molecule has 2 N–H and O–H groups in total. The Hall–Kier alpha value is -2.44. The molecular formula is C15H14N2O3S. The van der Waals surface area contributed by atoms with E-state index in [0.29, 0.717) is 17.1 Å². The maximum atomic E-state index is 11.0. The Kier molecular flexibility index (Phi) is 5.25. The Bertz CT molecular complexity index is 695. The van der Waals surface area contributed by atoms with Gasteiger partial charge in [-0.25, -0.2) is 4.21 Å². The van der Waals surface area contributed by atoms with Gasteiger partial charge < -0.3 is 9.57 Å². The van der Waals surface area contributed by atoms with Crippen LogP contribution in [0.1, 0.15) is 5.56 Å². The molecule has 0 aliphatic heterocycles. The second-order valence-electron chi connectivity index (χ2n) is 3.98. The molecule has 0 spiro atoms. The summed E-state index contributed by atoms with van der Waals surface area (Å²) in [6, 6.07) is 16.5. The minimum Gasteiger partial charge on any atom is -0.457 e. The molecular weight excluding hydrogens is 288 g/mol. The highest BCUT2D eigenvalue weighted by Gasteiger charge is 2.15. The van der Waals surface area contributed by atoms with Gasteiger partial charge in [-0.05, 0) is 24.3 Å². The van der Waals surface area contributed by atoms with Crippen LogP contribution in [0.15, 0.2) is 59.8 Å². The molecule has 0 aliphatic carbocycles. The maximum Gasteiger partial charge on any atom is 0.144 e. The third-order valence-corrected chi connectivity index (χ3v) is 2.99. The van der Waals surface area contributed by atoms with Crippen LogP contribution in [0.5, 0.6) is 11.5 Å². The lowest BCUT2D eigenvalue weighted by Gasteiger charge is -2.11. The minimum atomic E-state index is 0.0148. The molecule has 108 valence electrons. The van der Waals surface area contributed by atoms with Crippen molar-refractivity contribution < 1.29 is 13.8 Å². The summed E-state index contributed by atoms with van der Waals surface area (Å²) in [5.41, 5.74) is 6.54. The summed E-state index contributed by atoms with van der Waals surface area (Å²) in [4.78, 5) is 4.78. The molecule has 2 rings (SSSR count). The molecule has 2 aromatic carbocycles. The maximum absolute atomic E-state index is 11.0. The van der Waals surface area contributed by atoms with Crippen molar-refractivity contribution in [3.05, 3.63) is 60.2 Å². The van der Waals surface area contributed by atoms with Crippen molar-refractivity contribution in [2.75, 3.05) is 7.11 Å². The Balaban J connectivity index is 2.45. The van der Waals surface area contributed by atoms with Crippen LogP contribution in [-0.4, -0.2) is 22.0 Å². The number of nitrogens with two attached hydrogens (primary N) is 1. The van der Waals surface area contributed by atoms with Gasteiger partial charge in [-0.15, -0.1) is 0 Å². The number of hydrogen-bond donors (Lipinski definition) is 1. The summed E-state index contributed by atoms with van der Waals surface area (Å²) in [5, 5.41) is 3.82. The number of hydrogen-bond acceptors (Lipinski definition) is 4. The zero-order valence-electron chi connectivity index (χ0n) is 11.4. The lowest BCUT2D eigenvalue weighted by Crippen LogP contribution is -2.25. The van der Waals surface area contributed by atoms with Gasteiger partial charge >= 0.3 is 0 Å². The summed E-state index contributed by atoms with van der Waals surface area (Å²) in [5.74, 6) is 1.21. The van der Waals surface area contributed by atoms with Crippen LogP contribution in [-0.2, 0) is 16.1 Å². The highest BCUT2D eigenvalue weighted by molar-refractivity contribution is 7.68. The van der Waals surface area contributed by atoms with Crippen molar-refractivity contribution in [3.8, 4) is 11.5 Å². The van der Waals surface area contributed by atoms with Crippen LogP contribution in [0.2, 0.25) is 0 Å². The summed E-state index contributed by atoms with van der Waals surface area (Å²) in [6.07, 6.45) is 0. The monoisotopic (exact) mass is 302 g/mol. The smallest absolute Gasteiger partial charge is 0.144 e. The number of ether oxygens (including phenoxy) is 1. The molecule has 6 heteroatoms. The Morgan fingerprint density at radius 1 is 1.10 bits per heavy atom. The first-order chi connectivity index (χ1) is 10.3. The largest absolute Gasteiger partial charge is 0.457 e. The fraction of sp³-hybridized carbons (Fsp3) is 0.0667. The van der Waals surface area contributed by atoms with Crippen LogP contribution in [0, 0.1) is 0 Å². The summed E-state index contributed by atoms with van der Waals surface area (Å²) in [7, 11) is 1.39. The first-order valence-electron chi connectivity index (χ1n) is 6.12. The van der Waals surface area contributed by atoms with E-state index < -0.39 is 0 Å². The summed E-state index contributed by atoms with van der Waals surface area (Å²) < 4.78 is 16.8. The van der Waals surface area contributed by atoms with Gasteiger partial charge in [-0.2, -0.15) is 0 Å². The van der Waals surface area contributed by atoms with E-state index in [4.69, 9.17) is 15.3 Å². The summed E-state index contributed by atoms with van der Waals surface area (Å²) in [6.45, 7) is 0. The van der Waals surface area contributed by atoms with Crippen LogP contribution in [0.4, 0.5) is 0 Å². The zero-order valence-corrected chi connectivity index (χ0v) is 12.2. The minimum absolute atomic E-state index is 0.0148. The Morgan fingerprint density at radius 3 is 2.43 bits per heavy atom. The van der Waals surface area contributed by atoms with Crippen molar-refractivity contribution in [1.29, 1.82) is 0 Å². The highest BCUT2D eigenvalue weighted by Crippen LogP contribution is 2.25. The van der Waals surface area contributed by atoms with Gasteiger partial charge in [-0.1, -0.05) is 35.5 Å². The number of nitrogens with zero attached hydrogens (tertiary/aromatic N) is 1. The van der Waals surface area contributed by atoms with E-state index in [1.54, 1.807) is 18.2 Å². The average Bonchev–Trinajstić information content (AvgIpc) is 2.54. The highest BCUT2D eigenvalue weighted by atomic mass is 32.1. The van der Waals surface area contributed by atoms with E-state index in [1.807, 2.05) is 36.4 Å². The van der Waals surface area contributed by atoms with E-state index in [1.165, 1.54) is 7.11 Å². The third-order valence-electron chi connectivity index (χ3n) is 2.62. The molecule has 5 nitrogen and oxygen atoms in total. The first kappa shape index (κ1) is 15.0. The zero-order chi connectivity index (χ0) is 15.1. The van der Waals surface area contributed by atoms with Gasteiger partial charge in [0.05, 0.1) is 0 Å². The van der Waals surface area contributed by atoms with Crippen LogP contribution < -0.4 is 10.5 Å². The van der Waals surface area contributed by atoms with Crippen molar-refractivity contribution in [1.82, 2.24) is 0 Å². The average molecular weight is 302 g/mol. The van der Waals surface area contributed by atoms with Crippen LogP contribution >= 0.6 is 0 Å². The van der Waals surface area contributed by atoms with Gasteiger partial charge in [0.25, 0.3) is 0 Å². The lowest BCUT2D eigenvalue weighted by atomic mass is 10.1. The molecule has 0 radical (unpaired) electrons. The molecule has 0 atom stereocenters. The molecule has 0 saturated carbocycles. The van der Waals surface area contributed by atoms with E-state index in [0.717, 1.165) is 0 Å². The number of rotatable bonds is 5. The predicted octanol–water partition coefficient (Wildman–Crippen LogP) is 2.13.